The van der Waals surface area contributed by atoms with Gasteiger partial charge in [0.05, 0.1) is 38.0 Å². The van der Waals surface area contributed by atoms with Crippen LogP contribution in [0.5, 0.6) is 5.75 Å². The largest absolute Gasteiger partial charge is 0.495 e. The molecule has 0 spiro atoms. The van der Waals surface area contributed by atoms with E-state index in [9.17, 15) is 0 Å². The van der Waals surface area contributed by atoms with Crippen LogP contribution >= 0.6 is 11.6 Å². The smallest absolute Gasteiger partial charge is 0.137 e. The minimum Gasteiger partial charge on any atom is -0.495 e. The Bertz CT molecular complexity index is 380. The summed E-state index contributed by atoms with van der Waals surface area (Å²) in [5.41, 5.74) is 7.07. The molecule has 0 aliphatic carbocycles. The number of ether oxygens (including phenoxy) is 3. The first-order chi connectivity index (χ1) is 8.22. The number of hydrogen-bond acceptors (Lipinski definition) is 4. The van der Waals surface area contributed by atoms with Gasteiger partial charge < -0.3 is 19.9 Å². The molecule has 1 aromatic rings. The van der Waals surface area contributed by atoms with Crippen molar-refractivity contribution in [3.05, 3.63) is 28.8 Å². The lowest BCUT2D eigenvalue weighted by Gasteiger charge is -2.28. The highest BCUT2D eigenvalue weighted by Crippen LogP contribution is 2.29. The molecular weight excluding hydrogens is 242 g/mol. The minimum absolute atomic E-state index is 0.116. The number of methoxy groups -OCH3 is 1. The fourth-order valence-electron chi connectivity index (χ4n) is 1.81. The Kier molecular flexibility index (Phi) is 4.23. The Balaban J connectivity index is 2.15. The Hall–Kier alpha value is -0.810. The van der Waals surface area contributed by atoms with Crippen molar-refractivity contribution < 1.29 is 14.2 Å². The van der Waals surface area contributed by atoms with Crippen molar-refractivity contribution in [1.29, 1.82) is 0 Å². The van der Waals surface area contributed by atoms with Crippen LogP contribution in [-0.4, -0.2) is 33.0 Å². The summed E-state index contributed by atoms with van der Waals surface area (Å²) in [5.74, 6) is 0.622. The normalized spacial score (nSPS) is 22.2. The molecule has 2 atom stereocenters. The first kappa shape index (κ1) is 12.6. The van der Waals surface area contributed by atoms with Gasteiger partial charge in [-0.25, -0.2) is 0 Å². The van der Waals surface area contributed by atoms with Crippen LogP contribution in [0.2, 0.25) is 5.02 Å². The van der Waals surface area contributed by atoms with E-state index in [0.29, 0.717) is 30.6 Å². The lowest BCUT2D eigenvalue weighted by molar-refractivity contribution is -0.0975. The number of hydrogen-bond donors (Lipinski definition) is 1. The van der Waals surface area contributed by atoms with Gasteiger partial charge >= 0.3 is 0 Å². The van der Waals surface area contributed by atoms with Gasteiger partial charge in [-0.1, -0.05) is 17.7 Å². The van der Waals surface area contributed by atoms with Crippen molar-refractivity contribution in [1.82, 2.24) is 0 Å². The third-order valence-electron chi connectivity index (χ3n) is 2.80. The van der Waals surface area contributed by atoms with Crippen molar-refractivity contribution in [2.45, 2.75) is 12.1 Å². The predicted octanol–water partition coefficient (Wildman–Crippen LogP) is 1.76. The van der Waals surface area contributed by atoms with Gasteiger partial charge in [-0.05, 0) is 17.7 Å². The van der Waals surface area contributed by atoms with E-state index in [-0.39, 0.29) is 12.1 Å². The van der Waals surface area contributed by atoms with Crippen molar-refractivity contribution in [3.8, 4) is 5.75 Å². The summed E-state index contributed by atoms with van der Waals surface area (Å²) in [5, 5.41) is 0.573. The molecule has 2 N–H and O–H groups in total. The summed E-state index contributed by atoms with van der Waals surface area (Å²) in [6.07, 6.45) is -0.116. The molecule has 0 aromatic heterocycles. The predicted molar refractivity (Wildman–Crippen MR) is 65.5 cm³/mol. The standard InChI is InChI=1S/C12H16ClNO3/c1-15-10-6-8(2-3-9(10)13)12(14)11-7-16-4-5-17-11/h2-3,6,11-12H,4-5,7,14H2,1H3. The molecule has 17 heavy (non-hydrogen) atoms. The fraction of sp³-hybridized carbons (Fsp3) is 0.500. The summed E-state index contributed by atoms with van der Waals surface area (Å²) in [6.45, 7) is 1.74. The summed E-state index contributed by atoms with van der Waals surface area (Å²) < 4.78 is 16.1. The van der Waals surface area contributed by atoms with Crippen molar-refractivity contribution in [2.75, 3.05) is 26.9 Å². The van der Waals surface area contributed by atoms with Gasteiger partial charge in [0.1, 0.15) is 11.9 Å². The molecule has 0 bridgehead atoms. The zero-order valence-corrected chi connectivity index (χ0v) is 10.4. The number of halogens is 1. The van der Waals surface area contributed by atoms with Crippen LogP contribution in [0, 0.1) is 0 Å². The van der Waals surface area contributed by atoms with E-state index in [1.807, 2.05) is 12.1 Å². The van der Waals surface area contributed by atoms with Crippen molar-refractivity contribution in [3.63, 3.8) is 0 Å². The molecule has 0 amide bonds. The maximum absolute atomic E-state index is 6.14. The van der Waals surface area contributed by atoms with E-state index in [1.54, 1.807) is 13.2 Å². The highest BCUT2D eigenvalue weighted by atomic mass is 35.5. The molecule has 0 radical (unpaired) electrons. The SMILES string of the molecule is COc1cc(C(N)C2COCCO2)ccc1Cl. The van der Waals surface area contributed by atoms with E-state index in [1.165, 1.54) is 0 Å². The second-order valence-electron chi connectivity index (χ2n) is 3.90. The van der Waals surface area contributed by atoms with Gasteiger partial charge in [0.25, 0.3) is 0 Å². The van der Waals surface area contributed by atoms with Crippen LogP contribution in [0.15, 0.2) is 18.2 Å². The molecule has 1 aliphatic rings. The van der Waals surface area contributed by atoms with Gasteiger partial charge in [0.15, 0.2) is 0 Å². The first-order valence-corrected chi connectivity index (χ1v) is 5.88. The van der Waals surface area contributed by atoms with Crippen molar-refractivity contribution >= 4 is 11.6 Å². The molecule has 1 aliphatic heterocycles. The Labute approximate surface area is 106 Å². The molecule has 1 fully saturated rings. The van der Waals surface area contributed by atoms with Crippen LogP contribution in [-0.2, 0) is 9.47 Å². The number of benzene rings is 1. The molecule has 2 unspecified atom stereocenters. The van der Waals surface area contributed by atoms with Crippen LogP contribution in [0.25, 0.3) is 0 Å². The molecule has 1 aromatic carbocycles. The second-order valence-corrected chi connectivity index (χ2v) is 4.31. The summed E-state index contributed by atoms with van der Waals surface area (Å²) >= 11 is 5.97. The monoisotopic (exact) mass is 257 g/mol. The molecule has 1 saturated heterocycles. The van der Waals surface area contributed by atoms with Gasteiger partial charge in [-0.2, -0.15) is 0 Å². The van der Waals surface area contributed by atoms with Gasteiger partial charge in [-0.15, -0.1) is 0 Å². The molecular formula is C12H16ClNO3. The van der Waals surface area contributed by atoms with E-state index >= 15 is 0 Å². The van der Waals surface area contributed by atoms with Gasteiger partial charge in [0.2, 0.25) is 0 Å². The molecule has 1 heterocycles. The summed E-state index contributed by atoms with van der Waals surface area (Å²) in [7, 11) is 1.58. The Morgan fingerprint density at radius 2 is 2.29 bits per heavy atom. The number of rotatable bonds is 3. The first-order valence-electron chi connectivity index (χ1n) is 5.50. The Morgan fingerprint density at radius 1 is 1.47 bits per heavy atom. The van der Waals surface area contributed by atoms with Gasteiger partial charge in [-0.3, -0.25) is 0 Å². The van der Waals surface area contributed by atoms with Crippen LogP contribution < -0.4 is 10.5 Å². The summed E-state index contributed by atoms with van der Waals surface area (Å²) in [4.78, 5) is 0. The molecule has 94 valence electrons. The lowest BCUT2D eigenvalue weighted by atomic mass is 10.0. The third-order valence-corrected chi connectivity index (χ3v) is 3.11. The molecule has 0 saturated carbocycles. The number of nitrogens with two attached hydrogens (primary N) is 1. The van der Waals surface area contributed by atoms with E-state index in [4.69, 9.17) is 31.5 Å². The maximum atomic E-state index is 6.14. The average molecular weight is 258 g/mol. The minimum atomic E-state index is -0.235. The average Bonchev–Trinajstić information content (AvgIpc) is 2.39. The second kappa shape index (κ2) is 5.69. The highest BCUT2D eigenvalue weighted by Gasteiger charge is 2.23. The van der Waals surface area contributed by atoms with E-state index in [2.05, 4.69) is 0 Å². The quantitative estimate of drug-likeness (QED) is 0.897. The van der Waals surface area contributed by atoms with Gasteiger partial charge in [0, 0.05) is 0 Å². The highest BCUT2D eigenvalue weighted by molar-refractivity contribution is 6.32. The molecule has 4 nitrogen and oxygen atoms in total. The third kappa shape index (κ3) is 2.90. The molecule has 5 heteroatoms. The summed E-state index contributed by atoms with van der Waals surface area (Å²) in [6, 6.07) is 5.26. The van der Waals surface area contributed by atoms with Crippen LogP contribution in [0.4, 0.5) is 0 Å². The zero-order valence-electron chi connectivity index (χ0n) is 9.69. The van der Waals surface area contributed by atoms with E-state index < -0.39 is 0 Å². The van der Waals surface area contributed by atoms with E-state index in [0.717, 1.165) is 5.56 Å². The maximum Gasteiger partial charge on any atom is 0.137 e. The van der Waals surface area contributed by atoms with Crippen LogP contribution in [0.3, 0.4) is 0 Å². The molecule has 2 rings (SSSR count). The van der Waals surface area contributed by atoms with Crippen LogP contribution in [0.1, 0.15) is 11.6 Å². The fourth-order valence-corrected chi connectivity index (χ4v) is 2.01. The zero-order chi connectivity index (χ0) is 12.3. The van der Waals surface area contributed by atoms with Crippen molar-refractivity contribution in [2.24, 2.45) is 5.73 Å². The lowest BCUT2D eigenvalue weighted by Crippen LogP contribution is -2.37. The topological polar surface area (TPSA) is 53.7 Å². The Morgan fingerprint density at radius 3 is 2.94 bits per heavy atom.